The molecule has 0 unspecified atom stereocenters. The Hall–Kier alpha value is -0.520. The van der Waals surface area contributed by atoms with Crippen LogP contribution >= 0.6 is 11.5 Å². The van der Waals surface area contributed by atoms with Crippen molar-refractivity contribution in [3.8, 4) is 0 Å². The van der Waals surface area contributed by atoms with Gasteiger partial charge in [-0.15, -0.1) is 5.10 Å². The van der Waals surface area contributed by atoms with Gasteiger partial charge in [-0.25, -0.2) is 0 Å². The second-order valence-corrected chi connectivity index (χ2v) is 3.60. The summed E-state index contributed by atoms with van der Waals surface area (Å²) in [6.07, 6.45) is 0. The van der Waals surface area contributed by atoms with Gasteiger partial charge in [0.1, 0.15) is 0 Å². The normalized spacial score (nSPS) is 11.0. The molecular weight excluding hydrogens is 184 g/mol. The van der Waals surface area contributed by atoms with Gasteiger partial charge in [0.05, 0.1) is 5.69 Å². The minimum absolute atomic E-state index is 0.891. The predicted molar refractivity (Wildman–Crippen MR) is 54.8 cm³/mol. The highest BCUT2D eigenvalue weighted by Gasteiger charge is 2.01. The highest BCUT2D eigenvalue weighted by atomic mass is 32.1. The number of hydrogen-bond donors (Lipinski definition) is 1. The van der Waals surface area contributed by atoms with Crippen molar-refractivity contribution < 1.29 is 0 Å². The number of rotatable bonds is 6. The lowest BCUT2D eigenvalue weighted by Gasteiger charge is -2.14. The summed E-state index contributed by atoms with van der Waals surface area (Å²) in [6.45, 7) is 6.12. The fourth-order valence-corrected chi connectivity index (χ4v) is 1.50. The van der Waals surface area contributed by atoms with Crippen LogP contribution in [0.2, 0.25) is 0 Å². The smallest absolute Gasteiger partial charge is 0.0895 e. The lowest BCUT2D eigenvalue weighted by atomic mass is 10.4. The summed E-state index contributed by atoms with van der Waals surface area (Å²) in [4.78, 5) is 2.24. The van der Waals surface area contributed by atoms with Crippen LogP contribution in [0.4, 0.5) is 0 Å². The summed E-state index contributed by atoms with van der Waals surface area (Å²) >= 11 is 1.41. The first-order valence-electron chi connectivity index (χ1n) is 4.48. The summed E-state index contributed by atoms with van der Waals surface area (Å²) in [5, 5.41) is 9.26. The molecule has 0 saturated carbocycles. The van der Waals surface area contributed by atoms with E-state index in [1.54, 1.807) is 0 Å². The van der Waals surface area contributed by atoms with Gasteiger partial charge in [-0.2, -0.15) is 0 Å². The lowest BCUT2D eigenvalue weighted by Crippen LogP contribution is -2.28. The zero-order valence-corrected chi connectivity index (χ0v) is 8.97. The zero-order chi connectivity index (χ0) is 9.52. The quantitative estimate of drug-likeness (QED) is 0.682. The molecule has 0 bridgehead atoms. The highest BCUT2D eigenvalue weighted by molar-refractivity contribution is 7.03. The molecule has 1 aromatic heterocycles. The van der Waals surface area contributed by atoms with Crippen LogP contribution in [0.3, 0.4) is 0 Å². The minimum atomic E-state index is 0.891. The van der Waals surface area contributed by atoms with E-state index in [-0.39, 0.29) is 0 Å². The third kappa shape index (κ3) is 4.31. The number of nitrogens with one attached hydrogen (secondary N) is 1. The van der Waals surface area contributed by atoms with Crippen LogP contribution in [-0.2, 0) is 6.54 Å². The van der Waals surface area contributed by atoms with Crippen LogP contribution in [-0.4, -0.2) is 41.2 Å². The van der Waals surface area contributed by atoms with Crippen molar-refractivity contribution in [2.75, 3.05) is 26.7 Å². The average molecular weight is 200 g/mol. The molecule has 0 amide bonds. The second-order valence-electron chi connectivity index (χ2n) is 2.99. The summed E-state index contributed by atoms with van der Waals surface area (Å²) in [6, 6.07) is 0. The molecular formula is C8H16N4S. The van der Waals surface area contributed by atoms with E-state index in [2.05, 4.69) is 33.8 Å². The van der Waals surface area contributed by atoms with Gasteiger partial charge < -0.3 is 5.32 Å². The monoisotopic (exact) mass is 200 g/mol. The minimum Gasteiger partial charge on any atom is -0.316 e. The molecule has 4 nitrogen and oxygen atoms in total. The molecule has 1 N–H and O–H groups in total. The molecule has 0 atom stereocenters. The van der Waals surface area contributed by atoms with E-state index in [9.17, 15) is 0 Å². The fourth-order valence-electron chi connectivity index (χ4n) is 1.06. The van der Waals surface area contributed by atoms with Crippen molar-refractivity contribution in [1.82, 2.24) is 19.8 Å². The molecule has 5 heteroatoms. The Morgan fingerprint density at radius 2 is 2.46 bits per heavy atom. The van der Waals surface area contributed by atoms with Gasteiger partial charge in [-0.3, -0.25) is 4.90 Å². The van der Waals surface area contributed by atoms with E-state index >= 15 is 0 Å². The lowest BCUT2D eigenvalue weighted by molar-refractivity contribution is 0.321. The maximum absolute atomic E-state index is 3.99. The molecule has 0 spiro atoms. The molecule has 1 heterocycles. The maximum Gasteiger partial charge on any atom is 0.0895 e. The van der Waals surface area contributed by atoms with Crippen LogP contribution in [0.25, 0.3) is 0 Å². The first kappa shape index (κ1) is 10.6. The standard InChI is InChI=1S/C8H16N4S/c1-3-9-4-5-12(2)6-8-7-13-11-10-8/h7,9H,3-6H2,1-2H3. The summed E-state index contributed by atoms with van der Waals surface area (Å²) in [5.74, 6) is 0. The second kappa shape index (κ2) is 6.01. The molecule has 0 aliphatic carbocycles. The first-order valence-corrected chi connectivity index (χ1v) is 5.31. The summed E-state index contributed by atoms with van der Waals surface area (Å²) in [5.41, 5.74) is 1.06. The van der Waals surface area contributed by atoms with E-state index in [1.807, 2.05) is 5.38 Å². The Labute approximate surface area is 83.1 Å². The van der Waals surface area contributed by atoms with E-state index in [1.165, 1.54) is 11.5 Å². The van der Waals surface area contributed by atoms with Gasteiger partial charge in [0.2, 0.25) is 0 Å². The Kier molecular flexibility index (Phi) is 4.88. The molecule has 0 radical (unpaired) electrons. The third-order valence-corrected chi connectivity index (χ3v) is 2.31. The van der Waals surface area contributed by atoms with E-state index in [4.69, 9.17) is 0 Å². The third-order valence-electron chi connectivity index (χ3n) is 1.76. The Morgan fingerprint density at radius 3 is 3.08 bits per heavy atom. The van der Waals surface area contributed by atoms with Gasteiger partial charge in [0, 0.05) is 25.0 Å². The molecule has 1 aromatic rings. The average Bonchev–Trinajstić information content (AvgIpc) is 2.57. The van der Waals surface area contributed by atoms with Crippen LogP contribution in [0, 0.1) is 0 Å². The van der Waals surface area contributed by atoms with E-state index < -0.39 is 0 Å². The zero-order valence-electron chi connectivity index (χ0n) is 8.16. The summed E-state index contributed by atoms with van der Waals surface area (Å²) in [7, 11) is 2.09. The molecule has 0 fully saturated rings. The van der Waals surface area contributed by atoms with Crippen LogP contribution in [0.5, 0.6) is 0 Å². The number of aromatic nitrogens is 2. The first-order chi connectivity index (χ1) is 6.33. The van der Waals surface area contributed by atoms with E-state index in [0.29, 0.717) is 0 Å². The molecule has 0 aromatic carbocycles. The highest BCUT2D eigenvalue weighted by Crippen LogP contribution is 1.99. The predicted octanol–water partition coefficient (Wildman–Crippen LogP) is 0.579. The molecule has 13 heavy (non-hydrogen) atoms. The largest absolute Gasteiger partial charge is 0.316 e. The van der Waals surface area contributed by atoms with Gasteiger partial charge in [-0.1, -0.05) is 11.4 Å². The van der Waals surface area contributed by atoms with Crippen LogP contribution < -0.4 is 5.32 Å². The van der Waals surface area contributed by atoms with Gasteiger partial charge in [-0.05, 0) is 25.1 Å². The SMILES string of the molecule is CCNCCN(C)Cc1csnn1. The molecule has 0 saturated heterocycles. The maximum atomic E-state index is 3.99. The Bertz CT molecular complexity index is 212. The van der Waals surface area contributed by atoms with Crippen LogP contribution in [0.1, 0.15) is 12.6 Å². The Balaban J connectivity index is 2.14. The van der Waals surface area contributed by atoms with E-state index in [0.717, 1.165) is 31.9 Å². The van der Waals surface area contributed by atoms with Crippen molar-refractivity contribution >= 4 is 11.5 Å². The molecule has 0 aliphatic rings. The number of likely N-dealkylation sites (N-methyl/N-ethyl adjacent to an activating group) is 2. The summed E-state index contributed by atoms with van der Waals surface area (Å²) < 4.78 is 3.82. The van der Waals surface area contributed by atoms with Gasteiger partial charge in [0.25, 0.3) is 0 Å². The Morgan fingerprint density at radius 1 is 1.62 bits per heavy atom. The topological polar surface area (TPSA) is 41.0 Å². The molecule has 74 valence electrons. The van der Waals surface area contributed by atoms with Crippen molar-refractivity contribution in [3.63, 3.8) is 0 Å². The van der Waals surface area contributed by atoms with Gasteiger partial charge in [0.15, 0.2) is 0 Å². The van der Waals surface area contributed by atoms with Gasteiger partial charge >= 0.3 is 0 Å². The van der Waals surface area contributed by atoms with Crippen molar-refractivity contribution in [1.29, 1.82) is 0 Å². The molecule has 1 rings (SSSR count). The number of hydrogen-bond acceptors (Lipinski definition) is 5. The van der Waals surface area contributed by atoms with Crippen molar-refractivity contribution in [3.05, 3.63) is 11.1 Å². The number of nitrogens with zero attached hydrogens (tertiary/aromatic N) is 3. The van der Waals surface area contributed by atoms with Crippen molar-refractivity contribution in [2.24, 2.45) is 0 Å². The fraction of sp³-hybridized carbons (Fsp3) is 0.750. The molecule has 0 aliphatic heterocycles. The van der Waals surface area contributed by atoms with Crippen molar-refractivity contribution in [2.45, 2.75) is 13.5 Å². The van der Waals surface area contributed by atoms with Crippen LogP contribution in [0.15, 0.2) is 5.38 Å².